The van der Waals surface area contributed by atoms with Crippen molar-refractivity contribution in [1.82, 2.24) is 15.2 Å². The zero-order valence-electron chi connectivity index (χ0n) is 16.9. The molecular weight excluding hydrogens is 388 g/mol. The second kappa shape index (κ2) is 9.17. The minimum atomic E-state index is -0.317. The Morgan fingerprint density at radius 1 is 1.17 bits per heavy atom. The molecule has 0 atom stereocenters. The van der Waals surface area contributed by atoms with Gasteiger partial charge in [-0.25, -0.2) is 4.98 Å². The van der Waals surface area contributed by atoms with E-state index in [1.54, 1.807) is 17.5 Å². The number of amides is 3. The number of rotatable bonds is 8. The Bertz CT molecular complexity index is 888. The molecule has 0 bridgehead atoms. The summed E-state index contributed by atoms with van der Waals surface area (Å²) in [5.41, 5.74) is 2.25. The number of thiazole rings is 1. The van der Waals surface area contributed by atoms with E-state index in [9.17, 15) is 14.4 Å². The van der Waals surface area contributed by atoms with Crippen molar-refractivity contribution in [2.75, 3.05) is 11.9 Å². The summed E-state index contributed by atoms with van der Waals surface area (Å²) in [4.78, 5) is 43.0. The predicted octanol–water partition coefficient (Wildman–Crippen LogP) is 2.76. The van der Waals surface area contributed by atoms with Gasteiger partial charge < -0.3 is 15.5 Å². The van der Waals surface area contributed by atoms with Crippen molar-refractivity contribution in [3.05, 3.63) is 46.5 Å². The van der Waals surface area contributed by atoms with E-state index >= 15 is 0 Å². The van der Waals surface area contributed by atoms with E-state index in [-0.39, 0.29) is 36.7 Å². The van der Waals surface area contributed by atoms with E-state index in [4.69, 9.17) is 0 Å². The van der Waals surface area contributed by atoms with Gasteiger partial charge in [-0.2, -0.15) is 0 Å². The monoisotopic (exact) mass is 414 g/mol. The van der Waals surface area contributed by atoms with Gasteiger partial charge in [0, 0.05) is 23.0 Å². The van der Waals surface area contributed by atoms with Crippen LogP contribution in [0.15, 0.2) is 29.6 Å². The summed E-state index contributed by atoms with van der Waals surface area (Å²) in [7, 11) is 0. The lowest BCUT2D eigenvalue weighted by molar-refractivity contribution is -0.120. The Balaban J connectivity index is 1.56. The van der Waals surface area contributed by atoms with Crippen LogP contribution in [0.3, 0.4) is 0 Å². The Kier molecular flexibility index (Phi) is 6.64. The number of aromatic nitrogens is 1. The maximum Gasteiger partial charge on any atom is 0.254 e. The number of carbonyl (C=O) groups is 3. The molecule has 2 N–H and O–H groups in total. The summed E-state index contributed by atoms with van der Waals surface area (Å²) in [5, 5.41) is 7.84. The van der Waals surface area contributed by atoms with E-state index in [2.05, 4.69) is 15.6 Å². The summed E-state index contributed by atoms with van der Waals surface area (Å²) in [6, 6.07) is 7.47. The molecule has 1 aromatic heterocycles. The fraction of sp³-hybridized carbons (Fsp3) is 0.429. The highest BCUT2D eigenvalue weighted by Gasteiger charge is 2.24. The Morgan fingerprint density at radius 2 is 1.86 bits per heavy atom. The Hall–Kier alpha value is -2.74. The van der Waals surface area contributed by atoms with Crippen molar-refractivity contribution in [2.24, 2.45) is 0 Å². The van der Waals surface area contributed by atoms with Gasteiger partial charge in [-0.3, -0.25) is 14.4 Å². The number of aryl methyl sites for hydroxylation is 1. The summed E-state index contributed by atoms with van der Waals surface area (Å²) >= 11 is 1.27. The molecule has 0 saturated heterocycles. The minimum Gasteiger partial charge on any atom is -0.353 e. The molecule has 1 fully saturated rings. The number of benzene rings is 1. The van der Waals surface area contributed by atoms with Crippen LogP contribution < -0.4 is 10.6 Å². The van der Waals surface area contributed by atoms with Crippen molar-refractivity contribution < 1.29 is 14.4 Å². The zero-order valence-corrected chi connectivity index (χ0v) is 17.7. The van der Waals surface area contributed by atoms with E-state index in [0.29, 0.717) is 22.4 Å². The third-order valence-electron chi connectivity index (χ3n) is 4.58. The maximum absolute atomic E-state index is 12.8. The third kappa shape index (κ3) is 6.12. The molecule has 1 saturated carbocycles. The molecule has 0 unspecified atom stereocenters. The van der Waals surface area contributed by atoms with Gasteiger partial charge >= 0.3 is 0 Å². The van der Waals surface area contributed by atoms with Crippen LogP contribution in [0.4, 0.5) is 5.13 Å². The highest BCUT2D eigenvalue weighted by molar-refractivity contribution is 7.13. The number of nitrogens with one attached hydrogen (secondary N) is 2. The zero-order chi connectivity index (χ0) is 21.0. The van der Waals surface area contributed by atoms with Gasteiger partial charge in [0.05, 0.1) is 12.1 Å². The molecule has 154 valence electrons. The fourth-order valence-electron chi connectivity index (χ4n) is 2.78. The molecule has 1 aliphatic rings. The van der Waals surface area contributed by atoms with Crippen molar-refractivity contribution in [1.29, 1.82) is 0 Å². The smallest absolute Gasteiger partial charge is 0.254 e. The number of hydrogen-bond donors (Lipinski definition) is 2. The second-order valence-corrected chi connectivity index (χ2v) is 8.46. The average molecular weight is 415 g/mol. The quantitative estimate of drug-likeness (QED) is 0.695. The summed E-state index contributed by atoms with van der Waals surface area (Å²) in [6.45, 7) is 5.64. The summed E-state index contributed by atoms with van der Waals surface area (Å²) < 4.78 is 0. The lowest BCUT2D eigenvalue weighted by Crippen LogP contribution is -2.42. The highest BCUT2D eigenvalue weighted by Crippen LogP contribution is 2.20. The van der Waals surface area contributed by atoms with E-state index < -0.39 is 0 Å². The molecule has 8 heteroatoms. The molecule has 2 aromatic rings. The number of anilines is 1. The van der Waals surface area contributed by atoms with Gasteiger partial charge in [0.15, 0.2) is 5.13 Å². The molecule has 1 aromatic carbocycles. The molecule has 1 heterocycles. The molecule has 3 amide bonds. The van der Waals surface area contributed by atoms with Crippen LogP contribution in [-0.4, -0.2) is 46.2 Å². The minimum absolute atomic E-state index is 0.0506. The van der Waals surface area contributed by atoms with Crippen molar-refractivity contribution in [2.45, 2.75) is 52.1 Å². The van der Waals surface area contributed by atoms with Crippen LogP contribution in [0.2, 0.25) is 0 Å². The van der Waals surface area contributed by atoms with Crippen LogP contribution in [0.1, 0.15) is 48.3 Å². The van der Waals surface area contributed by atoms with Gasteiger partial charge in [-0.05, 0) is 45.7 Å². The molecule has 0 aliphatic heterocycles. The predicted molar refractivity (Wildman–Crippen MR) is 113 cm³/mol. The van der Waals surface area contributed by atoms with Gasteiger partial charge in [0.25, 0.3) is 5.91 Å². The van der Waals surface area contributed by atoms with Crippen LogP contribution in [0, 0.1) is 6.92 Å². The number of nitrogens with zero attached hydrogens (tertiary/aromatic N) is 2. The summed E-state index contributed by atoms with van der Waals surface area (Å²) in [5.74, 6) is -0.556. The molecular formula is C21H26N4O3S. The Labute approximate surface area is 174 Å². The standard InChI is InChI=1S/C21H26N4O3S/c1-13(2)25(20(28)15-6-4-14(3)5-7-15)11-19(27)24-21-23-17(12-29-21)10-18(26)22-16-8-9-16/h4-7,12-13,16H,8-11H2,1-3H3,(H,22,26)(H,23,24,27). The normalized spacial score (nSPS) is 13.2. The first-order chi connectivity index (χ1) is 13.8. The highest BCUT2D eigenvalue weighted by atomic mass is 32.1. The first-order valence-electron chi connectivity index (χ1n) is 9.73. The Morgan fingerprint density at radius 3 is 2.48 bits per heavy atom. The van der Waals surface area contributed by atoms with Crippen molar-refractivity contribution in [3.63, 3.8) is 0 Å². The average Bonchev–Trinajstić information content (AvgIpc) is 3.37. The van der Waals surface area contributed by atoms with Gasteiger partial charge in [-0.1, -0.05) is 17.7 Å². The number of carbonyl (C=O) groups excluding carboxylic acids is 3. The first kappa shape index (κ1) is 21.0. The largest absolute Gasteiger partial charge is 0.353 e. The van der Waals surface area contributed by atoms with E-state index in [0.717, 1.165) is 18.4 Å². The molecule has 29 heavy (non-hydrogen) atoms. The third-order valence-corrected chi connectivity index (χ3v) is 5.39. The number of hydrogen-bond acceptors (Lipinski definition) is 5. The molecule has 1 aliphatic carbocycles. The van der Waals surface area contributed by atoms with Crippen LogP contribution in [-0.2, 0) is 16.0 Å². The van der Waals surface area contributed by atoms with Crippen molar-refractivity contribution in [3.8, 4) is 0 Å². The topological polar surface area (TPSA) is 91.4 Å². The van der Waals surface area contributed by atoms with Gasteiger partial charge in [0.2, 0.25) is 11.8 Å². The lowest BCUT2D eigenvalue weighted by atomic mass is 10.1. The second-order valence-electron chi connectivity index (χ2n) is 7.60. The lowest BCUT2D eigenvalue weighted by Gasteiger charge is -2.26. The van der Waals surface area contributed by atoms with E-state index in [1.165, 1.54) is 16.2 Å². The SMILES string of the molecule is Cc1ccc(C(=O)N(CC(=O)Nc2nc(CC(=O)NC3CC3)cs2)C(C)C)cc1. The first-order valence-corrected chi connectivity index (χ1v) is 10.6. The van der Waals surface area contributed by atoms with Crippen LogP contribution in [0.25, 0.3) is 0 Å². The van der Waals surface area contributed by atoms with Crippen molar-refractivity contribution >= 4 is 34.2 Å². The summed E-state index contributed by atoms with van der Waals surface area (Å²) in [6.07, 6.45) is 2.28. The molecule has 3 rings (SSSR count). The molecule has 0 spiro atoms. The molecule has 0 radical (unpaired) electrons. The molecule has 7 nitrogen and oxygen atoms in total. The van der Waals surface area contributed by atoms with Crippen LogP contribution in [0.5, 0.6) is 0 Å². The van der Waals surface area contributed by atoms with Gasteiger partial charge in [0.1, 0.15) is 6.54 Å². The fourth-order valence-corrected chi connectivity index (χ4v) is 3.51. The van der Waals surface area contributed by atoms with Crippen LogP contribution >= 0.6 is 11.3 Å². The van der Waals surface area contributed by atoms with Gasteiger partial charge in [-0.15, -0.1) is 11.3 Å². The maximum atomic E-state index is 12.8. The van der Waals surface area contributed by atoms with E-state index in [1.807, 2.05) is 32.9 Å².